The number of sulfonamides is 1. The number of anilines is 1. The van der Waals surface area contributed by atoms with Gasteiger partial charge in [-0.1, -0.05) is 6.07 Å². The molecule has 0 aliphatic carbocycles. The van der Waals surface area contributed by atoms with Crippen molar-refractivity contribution in [2.24, 2.45) is 5.84 Å². The Hall–Kier alpha value is -1.68. The summed E-state index contributed by atoms with van der Waals surface area (Å²) in [6, 6.07) is 5.21. The number of nitrogens with one attached hydrogen (secondary N) is 2. The highest BCUT2D eigenvalue weighted by Gasteiger charge is 2.24. The number of pyridine rings is 1. The van der Waals surface area contributed by atoms with Crippen molar-refractivity contribution in [2.75, 3.05) is 25.7 Å². The Labute approximate surface area is 123 Å². The van der Waals surface area contributed by atoms with Crippen LogP contribution >= 0.6 is 0 Å². The summed E-state index contributed by atoms with van der Waals surface area (Å²) in [6.07, 6.45) is 3.10. The Morgan fingerprint density at radius 2 is 2.19 bits per heavy atom. The normalized spacial score (nSPS) is 11.9. The first-order valence-corrected chi connectivity index (χ1v) is 8.01. The largest absolute Gasteiger partial charge is 0.385 e. The molecular formula is C12H19N5O3S. The van der Waals surface area contributed by atoms with Crippen molar-refractivity contribution in [3.05, 3.63) is 24.4 Å². The molecule has 0 aliphatic heterocycles. The van der Waals surface area contributed by atoms with Crippen molar-refractivity contribution in [3.63, 3.8) is 0 Å². The van der Waals surface area contributed by atoms with Crippen molar-refractivity contribution in [3.8, 4) is 0 Å². The fraction of sp³-hybridized carbons (Fsp3) is 0.417. The van der Waals surface area contributed by atoms with Gasteiger partial charge in [-0.05, 0) is 25.0 Å². The lowest BCUT2D eigenvalue weighted by Gasteiger charge is -2.08. The monoisotopic (exact) mass is 313 g/mol. The average Bonchev–Trinajstić information content (AvgIpc) is 2.86. The van der Waals surface area contributed by atoms with E-state index in [0.29, 0.717) is 25.2 Å². The molecule has 116 valence electrons. The third kappa shape index (κ3) is 3.50. The van der Waals surface area contributed by atoms with Gasteiger partial charge in [0.15, 0.2) is 10.8 Å². The molecule has 0 fully saturated rings. The van der Waals surface area contributed by atoms with E-state index in [1.807, 2.05) is 0 Å². The summed E-state index contributed by atoms with van der Waals surface area (Å²) >= 11 is 0. The topological polar surface area (TPSA) is 111 Å². The minimum Gasteiger partial charge on any atom is -0.385 e. The van der Waals surface area contributed by atoms with Crippen molar-refractivity contribution in [1.82, 2.24) is 14.1 Å². The van der Waals surface area contributed by atoms with Gasteiger partial charge in [-0.25, -0.2) is 24.0 Å². The molecule has 0 amide bonds. The van der Waals surface area contributed by atoms with Gasteiger partial charge in [0, 0.05) is 26.5 Å². The Kier molecular flexibility index (Phi) is 5.12. The maximum absolute atomic E-state index is 12.4. The third-order valence-corrected chi connectivity index (χ3v) is 4.43. The molecule has 0 saturated heterocycles. The van der Waals surface area contributed by atoms with E-state index in [-0.39, 0.29) is 10.8 Å². The molecule has 0 spiro atoms. The number of unbranched alkanes of at least 4 members (excludes halogenated alkanes) is 1. The van der Waals surface area contributed by atoms with Gasteiger partial charge < -0.3 is 10.2 Å². The number of nitrogens with zero attached hydrogens (tertiary/aromatic N) is 2. The zero-order chi connectivity index (χ0) is 15.3. The van der Waals surface area contributed by atoms with Gasteiger partial charge in [-0.3, -0.25) is 4.40 Å². The zero-order valence-corrected chi connectivity index (χ0v) is 12.6. The second-order valence-electron chi connectivity index (χ2n) is 4.44. The summed E-state index contributed by atoms with van der Waals surface area (Å²) in [5.74, 6) is 5.49. The summed E-state index contributed by atoms with van der Waals surface area (Å²) in [7, 11) is -2.09. The van der Waals surface area contributed by atoms with E-state index in [9.17, 15) is 8.42 Å². The fourth-order valence-electron chi connectivity index (χ4n) is 1.97. The van der Waals surface area contributed by atoms with E-state index in [0.717, 1.165) is 6.42 Å². The van der Waals surface area contributed by atoms with Gasteiger partial charge in [-0.15, -0.1) is 0 Å². The minimum atomic E-state index is -3.71. The van der Waals surface area contributed by atoms with Crippen LogP contribution in [-0.4, -0.2) is 38.1 Å². The molecule has 21 heavy (non-hydrogen) atoms. The van der Waals surface area contributed by atoms with Crippen LogP contribution in [0.1, 0.15) is 12.8 Å². The number of nitrogen functional groups attached to an aromatic ring is 1. The maximum atomic E-state index is 12.4. The molecule has 2 heterocycles. The predicted molar refractivity (Wildman–Crippen MR) is 79.3 cm³/mol. The standard InChI is InChI=1S/C12H19N5O3S/c1-20-9-5-3-7-14-21(18,19)12-11(16-13)15-10-6-2-4-8-17(10)12/h2,4,6,8,14,16H,3,5,7,9,13H2,1H3. The molecule has 0 aliphatic rings. The van der Waals surface area contributed by atoms with Crippen LogP contribution in [0.4, 0.5) is 5.82 Å². The van der Waals surface area contributed by atoms with Gasteiger partial charge in [0.2, 0.25) is 0 Å². The molecule has 0 aromatic carbocycles. The second-order valence-corrected chi connectivity index (χ2v) is 6.12. The molecule has 0 atom stereocenters. The Morgan fingerprint density at radius 1 is 1.38 bits per heavy atom. The van der Waals surface area contributed by atoms with E-state index in [4.69, 9.17) is 10.6 Å². The minimum absolute atomic E-state index is 0.00680. The predicted octanol–water partition coefficient (Wildman–Crippen LogP) is 0.325. The lowest BCUT2D eigenvalue weighted by Crippen LogP contribution is -2.27. The first-order chi connectivity index (χ1) is 10.1. The number of hydrazine groups is 1. The van der Waals surface area contributed by atoms with Gasteiger partial charge >= 0.3 is 0 Å². The van der Waals surface area contributed by atoms with Crippen LogP contribution in [0.5, 0.6) is 0 Å². The molecule has 2 aromatic rings. The number of ether oxygens (including phenoxy) is 1. The van der Waals surface area contributed by atoms with Crippen molar-refractivity contribution in [1.29, 1.82) is 0 Å². The number of fused-ring (bicyclic) bond motifs is 1. The van der Waals surface area contributed by atoms with Gasteiger partial charge in [0.05, 0.1) is 0 Å². The quantitative estimate of drug-likeness (QED) is 0.368. The molecule has 0 unspecified atom stereocenters. The number of hydrogen-bond acceptors (Lipinski definition) is 6. The van der Waals surface area contributed by atoms with Crippen molar-refractivity contribution < 1.29 is 13.2 Å². The second kappa shape index (κ2) is 6.85. The highest BCUT2D eigenvalue weighted by Crippen LogP contribution is 2.21. The Balaban J connectivity index is 2.23. The Bertz CT molecular complexity index is 698. The molecule has 8 nitrogen and oxygen atoms in total. The average molecular weight is 313 g/mol. The van der Waals surface area contributed by atoms with Crippen LogP contribution in [0.2, 0.25) is 0 Å². The zero-order valence-electron chi connectivity index (χ0n) is 11.7. The van der Waals surface area contributed by atoms with Gasteiger partial charge in [0.1, 0.15) is 5.65 Å². The molecule has 9 heteroatoms. The highest BCUT2D eigenvalue weighted by atomic mass is 32.2. The van der Waals surface area contributed by atoms with Crippen molar-refractivity contribution >= 4 is 21.5 Å². The number of aromatic nitrogens is 2. The molecule has 4 N–H and O–H groups in total. The molecule has 2 rings (SSSR count). The molecule has 2 aromatic heterocycles. The summed E-state index contributed by atoms with van der Waals surface area (Å²) in [5, 5.41) is 0.00680. The summed E-state index contributed by atoms with van der Waals surface area (Å²) in [4.78, 5) is 4.14. The number of hydrogen-bond donors (Lipinski definition) is 3. The number of methoxy groups -OCH3 is 1. The smallest absolute Gasteiger partial charge is 0.260 e. The molecule has 0 bridgehead atoms. The van der Waals surface area contributed by atoms with Crippen LogP contribution < -0.4 is 16.0 Å². The van der Waals surface area contributed by atoms with E-state index < -0.39 is 10.0 Å². The Morgan fingerprint density at radius 3 is 2.90 bits per heavy atom. The summed E-state index contributed by atoms with van der Waals surface area (Å²) < 4.78 is 33.8. The van der Waals surface area contributed by atoms with Crippen LogP contribution in [0.25, 0.3) is 5.65 Å². The van der Waals surface area contributed by atoms with Gasteiger partial charge in [0.25, 0.3) is 10.0 Å². The van der Waals surface area contributed by atoms with E-state index in [1.165, 1.54) is 4.40 Å². The van der Waals surface area contributed by atoms with Gasteiger partial charge in [-0.2, -0.15) is 0 Å². The third-order valence-electron chi connectivity index (χ3n) is 2.94. The highest BCUT2D eigenvalue weighted by molar-refractivity contribution is 7.89. The van der Waals surface area contributed by atoms with Crippen LogP contribution in [0.3, 0.4) is 0 Å². The first kappa shape index (κ1) is 15.7. The van der Waals surface area contributed by atoms with E-state index in [2.05, 4.69) is 15.1 Å². The van der Waals surface area contributed by atoms with E-state index >= 15 is 0 Å². The van der Waals surface area contributed by atoms with E-state index in [1.54, 1.807) is 31.5 Å². The number of rotatable bonds is 8. The lowest BCUT2D eigenvalue weighted by molar-refractivity contribution is 0.193. The fourth-order valence-corrected chi connectivity index (χ4v) is 3.29. The molecule has 0 saturated carbocycles. The SMILES string of the molecule is COCCCCNS(=O)(=O)c1c(NN)nc2ccccn12. The molecular weight excluding hydrogens is 294 g/mol. The van der Waals surface area contributed by atoms with Crippen LogP contribution in [0, 0.1) is 0 Å². The van der Waals surface area contributed by atoms with Crippen LogP contribution in [0.15, 0.2) is 29.4 Å². The summed E-state index contributed by atoms with van der Waals surface area (Å²) in [5.41, 5.74) is 2.84. The maximum Gasteiger partial charge on any atom is 0.260 e. The lowest BCUT2D eigenvalue weighted by atomic mass is 10.3. The van der Waals surface area contributed by atoms with Crippen LogP contribution in [-0.2, 0) is 14.8 Å². The summed E-state index contributed by atoms with van der Waals surface area (Å²) in [6.45, 7) is 0.933. The van der Waals surface area contributed by atoms with Crippen molar-refractivity contribution in [2.45, 2.75) is 17.9 Å². The number of nitrogens with two attached hydrogens (primary N) is 1. The number of imidazole rings is 1. The first-order valence-electron chi connectivity index (χ1n) is 6.52. The molecule has 0 radical (unpaired) electrons.